The third-order valence-electron chi connectivity index (χ3n) is 3.11. The van der Waals surface area contributed by atoms with Gasteiger partial charge in [0.2, 0.25) is 0 Å². The predicted molar refractivity (Wildman–Crippen MR) is 78.7 cm³/mol. The first kappa shape index (κ1) is 18.1. The van der Waals surface area contributed by atoms with Crippen LogP contribution in [-0.4, -0.2) is 0 Å². The lowest BCUT2D eigenvalue weighted by molar-refractivity contribution is -2.00. The molecule has 3 rings (SSSR count). The van der Waals surface area contributed by atoms with Crippen LogP contribution in [0.2, 0.25) is 0 Å². The maximum absolute atomic E-state index is 8.49. The van der Waals surface area contributed by atoms with Crippen LogP contribution in [-0.2, 0) is 0 Å². The van der Waals surface area contributed by atoms with E-state index in [9.17, 15) is 0 Å². The Morgan fingerprint density at radius 2 is 1.12 bits per heavy atom. The summed E-state index contributed by atoms with van der Waals surface area (Å²) in [7, 11) is -4.94. The van der Waals surface area contributed by atoms with Crippen molar-refractivity contribution in [1.82, 2.24) is 0 Å². The molecule has 24 heavy (non-hydrogen) atoms. The Balaban J connectivity index is 0.000000368. The fraction of sp³-hybridized carbons (Fsp3) is 0.0556. The van der Waals surface area contributed by atoms with E-state index in [1.807, 2.05) is 49.4 Å². The molecule has 6 heteroatoms. The first-order valence-electron chi connectivity index (χ1n) is 7.01. The molecule has 0 spiro atoms. The maximum atomic E-state index is 8.49. The van der Waals surface area contributed by atoms with E-state index >= 15 is 0 Å². The molecule has 0 saturated heterocycles. The third kappa shape index (κ3) is 5.73. The third-order valence-corrected chi connectivity index (χ3v) is 3.11. The van der Waals surface area contributed by atoms with Crippen LogP contribution in [0.5, 0.6) is 0 Å². The molecular weight excluding hydrogens is 332 g/mol. The van der Waals surface area contributed by atoms with Gasteiger partial charge in [-0.05, 0) is 23.8 Å². The van der Waals surface area contributed by atoms with Gasteiger partial charge in [0.25, 0.3) is 0 Å². The summed E-state index contributed by atoms with van der Waals surface area (Å²) in [6, 6.07) is 24.7. The highest BCUT2D eigenvalue weighted by molar-refractivity contribution is 5.79. The summed E-state index contributed by atoms with van der Waals surface area (Å²) in [6.07, 6.45) is 0. The Kier molecular flexibility index (Phi) is 6.03. The molecule has 1 aromatic heterocycles. The quantitative estimate of drug-likeness (QED) is 0.626. The summed E-state index contributed by atoms with van der Waals surface area (Å²) in [6.45, 7) is 1.97. The van der Waals surface area contributed by atoms with Crippen LogP contribution in [0.1, 0.15) is 5.76 Å². The molecule has 0 aliphatic heterocycles. The van der Waals surface area contributed by atoms with Gasteiger partial charge in [-0.25, -0.2) is 23.1 Å². The zero-order valence-corrected chi connectivity index (χ0v) is 13.6. The molecule has 0 N–H and O–H groups in total. The minimum Gasteiger partial charge on any atom is -0.222 e. The van der Waals surface area contributed by atoms with Crippen molar-refractivity contribution in [2.24, 2.45) is 0 Å². The number of hydrogen-bond donors (Lipinski definition) is 0. The Bertz CT molecular complexity index is 764. The second kappa shape index (κ2) is 8.01. The molecule has 0 bridgehead atoms. The summed E-state index contributed by atoms with van der Waals surface area (Å²) >= 11 is 0. The molecule has 0 amide bonds. The first-order chi connectivity index (χ1) is 11.3. The molecule has 124 valence electrons. The highest BCUT2D eigenvalue weighted by atomic mass is 35.7. The molecule has 0 aliphatic rings. The largest absolute Gasteiger partial charge is 0.367 e. The normalized spacial score (nSPS) is 10.7. The van der Waals surface area contributed by atoms with Gasteiger partial charge in [-0.3, -0.25) is 0 Å². The summed E-state index contributed by atoms with van der Waals surface area (Å²) in [4.78, 5) is 0. The number of halogens is 1. The lowest BCUT2D eigenvalue weighted by atomic mass is 10.0. The Morgan fingerprint density at radius 1 is 0.667 bits per heavy atom. The van der Waals surface area contributed by atoms with Gasteiger partial charge in [-0.15, -0.1) is 10.2 Å². The van der Waals surface area contributed by atoms with E-state index in [0.717, 1.165) is 22.6 Å². The van der Waals surface area contributed by atoms with Crippen molar-refractivity contribution in [2.75, 3.05) is 0 Å². The Morgan fingerprint density at radius 3 is 1.62 bits per heavy atom. The van der Waals surface area contributed by atoms with Gasteiger partial charge in [0.15, 0.2) is 0 Å². The van der Waals surface area contributed by atoms with E-state index in [4.69, 9.17) is 23.1 Å². The van der Waals surface area contributed by atoms with Crippen molar-refractivity contribution in [3.63, 3.8) is 0 Å². The van der Waals surface area contributed by atoms with Gasteiger partial charge in [0.1, 0.15) is 0 Å². The number of hydrogen-bond acceptors (Lipinski definition) is 4. The van der Waals surface area contributed by atoms with Crippen LogP contribution in [0.4, 0.5) is 0 Å². The summed E-state index contributed by atoms with van der Waals surface area (Å²) < 4.78 is 39.9. The molecule has 5 nitrogen and oxygen atoms in total. The molecule has 1 heterocycles. The van der Waals surface area contributed by atoms with Gasteiger partial charge >= 0.3 is 11.5 Å². The average molecular weight is 347 g/mol. The fourth-order valence-electron chi connectivity index (χ4n) is 2.18. The van der Waals surface area contributed by atoms with E-state index in [2.05, 4.69) is 30.3 Å². The number of rotatable bonds is 2. The first-order valence-corrected chi connectivity index (χ1v) is 8.24. The standard InChI is InChI=1S/C18H15O.ClHO4/c1-14-12-13-17(15-8-4-2-5-9-15)18(19-14)16-10-6-3-7-11-16;2-1(3,4)5/h2-13H,1H3;(H,2,3,4,5)/q+1;/p-1. The van der Waals surface area contributed by atoms with Crippen LogP contribution in [0, 0.1) is 17.2 Å². The lowest BCUT2D eigenvalue weighted by Gasteiger charge is -2.17. The van der Waals surface area contributed by atoms with E-state index in [0.29, 0.717) is 0 Å². The second-order valence-electron chi connectivity index (χ2n) is 4.90. The highest BCUT2D eigenvalue weighted by Crippen LogP contribution is 2.32. The highest BCUT2D eigenvalue weighted by Gasteiger charge is 2.20. The number of benzene rings is 2. The van der Waals surface area contributed by atoms with Crippen LogP contribution >= 0.6 is 0 Å². The van der Waals surface area contributed by atoms with Gasteiger partial charge in [-0.1, -0.05) is 48.5 Å². The van der Waals surface area contributed by atoms with Gasteiger partial charge in [0.05, 0.1) is 18.1 Å². The minimum atomic E-state index is -4.94. The van der Waals surface area contributed by atoms with Crippen molar-refractivity contribution in [1.29, 1.82) is 0 Å². The summed E-state index contributed by atoms with van der Waals surface area (Å²) in [5.41, 5.74) is 3.40. The summed E-state index contributed by atoms with van der Waals surface area (Å²) in [5, 5.41) is 0. The van der Waals surface area contributed by atoms with Crippen LogP contribution in [0.25, 0.3) is 22.5 Å². The molecule has 0 radical (unpaired) electrons. The molecule has 0 fully saturated rings. The van der Waals surface area contributed by atoms with Crippen molar-refractivity contribution in [3.8, 4) is 22.5 Å². The molecule has 0 aliphatic carbocycles. The van der Waals surface area contributed by atoms with Crippen LogP contribution in [0.15, 0.2) is 77.2 Å². The Hall–Kier alpha value is -2.28. The van der Waals surface area contributed by atoms with Crippen molar-refractivity contribution >= 4 is 0 Å². The molecule has 3 aromatic rings. The van der Waals surface area contributed by atoms with Gasteiger partial charge < -0.3 is 0 Å². The lowest BCUT2D eigenvalue weighted by Crippen LogP contribution is -2.68. The van der Waals surface area contributed by atoms with Crippen molar-refractivity contribution in [2.45, 2.75) is 6.92 Å². The fourth-order valence-corrected chi connectivity index (χ4v) is 2.18. The van der Waals surface area contributed by atoms with Crippen molar-refractivity contribution < 1.29 is 33.3 Å². The number of aryl methyl sites for hydroxylation is 1. The summed E-state index contributed by atoms with van der Waals surface area (Å²) in [5.74, 6) is 1.84. The zero-order chi connectivity index (χ0) is 17.6. The smallest absolute Gasteiger partial charge is 0.222 e. The van der Waals surface area contributed by atoms with E-state index in [1.54, 1.807) is 0 Å². The van der Waals surface area contributed by atoms with Gasteiger partial charge in [-0.2, -0.15) is 0 Å². The average Bonchev–Trinajstić information content (AvgIpc) is 2.55. The minimum absolute atomic E-state index is 0.915. The van der Waals surface area contributed by atoms with Gasteiger partial charge in [0, 0.05) is 6.07 Å². The molecule has 0 atom stereocenters. The zero-order valence-electron chi connectivity index (χ0n) is 12.8. The van der Waals surface area contributed by atoms with Crippen molar-refractivity contribution in [3.05, 3.63) is 78.6 Å². The van der Waals surface area contributed by atoms with Crippen LogP contribution < -0.4 is 18.6 Å². The molecule has 2 aromatic carbocycles. The molecule has 0 saturated carbocycles. The van der Waals surface area contributed by atoms with E-state index in [1.165, 1.54) is 5.56 Å². The van der Waals surface area contributed by atoms with E-state index < -0.39 is 10.2 Å². The predicted octanol–water partition coefficient (Wildman–Crippen LogP) is 0.447. The monoisotopic (exact) mass is 346 g/mol. The Labute approximate surface area is 141 Å². The van der Waals surface area contributed by atoms with E-state index in [-0.39, 0.29) is 0 Å². The second-order valence-corrected chi connectivity index (χ2v) is 5.65. The SMILES string of the molecule is Cc1ccc(-c2ccccc2)c(-c2ccccc2)[o+]1.[O-][Cl+3]([O-])([O-])[O-]. The molecule has 0 unspecified atom stereocenters. The topological polar surface area (TPSA) is 104 Å². The molecular formula is C18H15ClO5. The van der Waals surface area contributed by atoms with Crippen LogP contribution in [0.3, 0.4) is 0 Å². The maximum Gasteiger partial charge on any atom is 0.367 e.